The second kappa shape index (κ2) is 28.8. The van der Waals surface area contributed by atoms with Gasteiger partial charge in [-0.15, -0.1) is 9.71 Å². The Balaban J connectivity index is 1.15. The van der Waals surface area contributed by atoms with E-state index < -0.39 is 53.4 Å². The Bertz CT molecular complexity index is 2180. The topological polar surface area (TPSA) is 244 Å². The molecular weight excluding hydrogens is 958 g/mol. The Morgan fingerprint density at radius 1 is 0.889 bits per heavy atom. The highest BCUT2D eigenvalue weighted by molar-refractivity contribution is 6.32. The fourth-order valence-electron chi connectivity index (χ4n) is 7.72. The Morgan fingerprint density at radius 3 is 2.12 bits per heavy atom. The Labute approximate surface area is 426 Å². The van der Waals surface area contributed by atoms with Gasteiger partial charge in [0, 0.05) is 48.5 Å². The number of rotatable bonds is 27. The van der Waals surface area contributed by atoms with E-state index in [2.05, 4.69) is 21.0 Å². The van der Waals surface area contributed by atoms with Gasteiger partial charge in [0.25, 0.3) is 0 Å². The van der Waals surface area contributed by atoms with Gasteiger partial charge < -0.3 is 63.2 Å². The summed E-state index contributed by atoms with van der Waals surface area (Å²) in [5.74, 6) is -3.54. The molecule has 2 unspecified atom stereocenters. The van der Waals surface area contributed by atoms with Gasteiger partial charge in [0.1, 0.15) is 42.9 Å². The van der Waals surface area contributed by atoms with Crippen molar-refractivity contribution in [1.29, 1.82) is 0 Å². The number of benzene rings is 2. The second-order valence-electron chi connectivity index (χ2n) is 18.9. The molecule has 2 N–H and O–H groups in total. The van der Waals surface area contributed by atoms with E-state index in [0.29, 0.717) is 75.7 Å². The van der Waals surface area contributed by atoms with Crippen LogP contribution in [0.2, 0.25) is 5.02 Å². The molecule has 21 heteroatoms. The molecule has 0 radical (unpaired) electrons. The molecule has 3 aliphatic heterocycles. The molecule has 2 aromatic carbocycles. The van der Waals surface area contributed by atoms with Crippen molar-refractivity contribution in [1.82, 2.24) is 10.6 Å². The van der Waals surface area contributed by atoms with Crippen LogP contribution in [0.5, 0.6) is 5.75 Å². The number of amides is 2. The van der Waals surface area contributed by atoms with Gasteiger partial charge in [-0.1, -0.05) is 68.8 Å². The average molecular weight is 1030 g/mol. The Hall–Kier alpha value is -5.32. The number of hydrogen-bond donors (Lipinski definition) is 2. The molecule has 20 nitrogen and oxygen atoms in total. The van der Waals surface area contributed by atoms with E-state index in [4.69, 9.17) is 54.2 Å². The van der Waals surface area contributed by atoms with E-state index in [-0.39, 0.29) is 74.2 Å². The fourth-order valence-corrected chi connectivity index (χ4v) is 8.00. The first-order valence-electron chi connectivity index (χ1n) is 24.3. The number of aliphatic carboxylic acids is 1. The van der Waals surface area contributed by atoms with Crippen molar-refractivity contribution in [3.8, 4) is 5.75 Å². The zero-order valence-corrected chi connectivity index (χ0v) is 42.8. The number of esters is 2. The number of methoxy groups -OCH3 is 1. The van der Waals surface area contributed by atoms with Crippen LogP contribution in [0.25, 0.3) is 0 Å². The van der Waals surface area contributed by atoms with E-state index in [0.717, 1.165) is 11.1 Å². The number of hydrogen-bond acceptors (Lipinski definition) is 17. The molecule has 0 aliphatic carbocycles. The number of nitrogens with zero attached hydrogens (tertiary/aromatic N) is 3. The normalized spacial score (nSPS) is 24.3. The quantitative estimate of drug-likeness (QED) is 0.0543. The number of quaternary nitrogens is 1. The smallest absolute Gasteiger partial charge is 0.347 e. The molecule has 3 heterocycles. The molecule has 3 aliphatic rings. The number of nitrogens with one attached hydrogen (secondary N) is 2. The van der Waals surface area contributed by atoms with Crippen LogP contribution < -0.4 is 20.5 Å². The summed E-state index contributed by atoms with van der Waals surface area (Å²) in [6.07, 6.45) is 4.07. The standard InChI is InChI=1S/C51H70ClN5O15/c1-34(2)28-43-49(62)70-41(8-7-9-44(58)55-40(30-37-12-15-42(64-6)39(52)29-37)48(61)53-32-51(4,5)50(63)71-43)35(3)46-47(72-46)38-13-10-36(11-14-38)31-57(18-17-54-56-57)33-69-27-26-68-25-24-67-23-22-66-21-20-65-19-16-45(59)60/h7,9-15,17-18,29,34-35,40-41,43,46-47H,8,16,19-28,30-33H2,1-6H3,(H2-,53,55,58,59,60,61)/b9-7+/t35?,40-,41+,43+,46-,47-,57?/m1/s1. The lowest BCUT2D eigenvalue weighted by Gasteiger charge is -2.29. The first kappa shape index (κ1) is 57.6. The zero-order valence-electron chi connectivity index (χ0n) is 42.0. The minimum absolute atomic E-state index is 0.0312. The van der Waals surface area contributed by atoms with Crippen LogP contribution in [0.1, 0.15) is 76.7 Å². The van der Waals surface area contributed by atoms with Gasteiger partial charge in [0.2, 0.25) is 18.5 Å². The maximum Gasteiger partial charge on any atom is 0.347 e. The molecule has 5 rings (SSSR count). The van der Waals surface area contributed by atoms with E-state index in [1.54, 1.807) is 44.3 Å². The minimum atomic E-state index is -1.25. The number of carbonyl (C=O) groups is 5. The molecular formula is C51H70ClN5O15. The number of carboxylic acids is 1. The molecule has 2 aromatic rings. The van der Waals surface area contributed by atoms with Crippen LogP contribution >= 0.6 is 11.6 Å². The molecule has 72 heavy (non-hydrogen) atoms. The van der Waals surface area contributed by atoms with E-state index in [1.807, 2.05) is 51.2 Å². The van der Waals surface area contributed by atoms with Gasteiger partial charge >= 0.3 is 11.9 Å². The summed E-state index contributed by atoms with van der Waals surface area (Å²) in [5.41, 5.74) is 1.33. The van der Waals surface area contributed by atoms with Crippen molar-refractivity contribution >= 4 is 41.3 Å². The third-order valence-electron chi connectivity index (χ3n) is 11.9. The highest BCUT2D eigenvalue weighted by atomic mass is 35.5. The number of epoxide rings is 1. The Morgan fingerprint density at radius 2 is 1.53 bits per heavy atom. The largest absolute Gasteiger partial charge is 0.550 e. The van der Waals surface area contributed by atoms with Crippen molar-refractivity contribution < 1.29 is 76.3 Å². The summed E-state index contributed by atoms with van der Waals surface area (Å²) < 4.78 is 51.2. The van der Waals surface area contributed by atoms with Crippen LogP contribution in [0, 0.1) is 17.3 Å². The van der Waals surface area contributed by atoms with Gasteiger partial charge in [0.05, 0.1) is 83.1 Å². The SMILES string of the molecule is COc1ccc(C[C@H]2NC(=O)/C=C/C[C@@H](C(C)[C@H]3O[C@@H]3c3ccc(C[N+]4(COCCOCCOCCOCCOCCC(=O)[O-])C=CN=N4)cc3)OC(=O)[C@H](CC(C)C)OC(=O)C(C)(C)CNC2=O)cc1Cl. The van der Waals surface area contributed by atoms with Gasteiger partial charge in [-0.2, -0.15) is 0 Å². The predicted octanol–water partition coefficient (Wildman–Crippen LogP) is 4.47. The number of halogens is 1. The number of carboxylic acid groups (broad SMARTS) is 1. The van der Waals surface area contributed by atoms with Gasteiger partial charge in [-0.05, 0) is 55.5 Å². The molecule has 1 fully saturated rings. The molecule has 0 saturated carbocycles. The lowest BCUT2D eigenvalue weighted by molar-refractivity contribution is -0.919. The van der Waals surface area contributed by atoms with Crippen LogP contribution in [0.4, 0.5) is 0 Å². The van der Waals surface area contributed by atoms with Crippen LogP contribution in [-0.4, -0.2) is 139 Å². The summed E-state index contributed by atoms with van der Waals surface area (Å²) in [7, 11) is 1.50. The maximum absolute atomic E-state index is 13.9. The number of ether oxygens (including phenoxy) is 9. The lowest BCUT2D eigenvalue weighted by atomic mass is 9.92. The first-order valence-corrected chi connectivity index (χ1v) is 24.7. The average Bonchev–Trinajstić information content (AvgIpc) is 4.01. The maximum atomic E-state index is 13.9. The van der Waals surface area contributed by atoms with Crippen molar-refractivity contribution in [3.05, 3.63) is 88.7 Å². The summed E-state index contributed by atoms with van der Waals surface area (Å²) in [6.45, 7) is 12.5. The Kier molecular flexibility index (Phi) is 23.0. The van der Waals surface area contributed by atoms with Crippen molar-refractivity contribution in [2.45, 2.75) is 97.3 Å². The van der Waals surface area contributed by atoms with E-state index in [1.165, 1.54) is 13.2 Å². The molecule has 0 aromatic heterocycles. The molecule has 0 spiro atoms. The third kappa shape index (κ3) is 18.9. The van der Waals surface area contributed by atoms with Crippen molar-refractivity contribution in [2.24, 2.45) is 27.6 Å². The first-order chi connectivity index (χ1) is 34.5. The summed E-state index contributed by atoms with van der Waals surface area (Å²) in [5, 5.41) is 24.8. The third-order valence-corrected chi connectivity index (χ3v) is 12.2. The van der Waals surface area contributed by atoms with Gasteiger partial charge in [-0.25, -0.2) is 4.79 Å². The van der Waals surface area contributed by atoms with Gasteiger partial charge in [-0.3, -0.25) is 14.4 Å². The molecule has 2 amide bonds. The van der Waals surface area contributed by atoms with Crippen LogP contribution in [0.15, 0.2) is 77.4 Å². The van der Waals surface area contributed by atoms with Crippen molar-refractivity contribution in [3.63, 3.8) is 0 Å². The number of carbonyl (C=O) groups excluding carboxylic acids is 5. The monoisotopic (exact) mass is 1030 g/mol. The summed E-state index contributed by atoms with van der Waals surface area (Å²) in [6, 6.07) is 12.0. The summed E-state index contributed by atoms with van der Waals surface area (Å²) in [4.78, 5) is 65.1. The molecule has 7 atom stereocenters. The second-order valence-corrected chi connectivity index (χ2v) is 19.3. The number of cyclic esters (lactones) is 2. The van der Waals surface area contributed by atoms with Gasteiger partial charge in [0.15, 0.2) is 6.10 Å². The molecule has 1 saturated heterocycles. The predicted molar refractivity (Wildman–Crippen MR) is 258 cm³/mol. The zero-order chi connectivity index (χ0) is 52.1. The fraction of sp³-hybridized carbons (Fsp3) is 0.588. The lowest BCUT2D eigenvalue weighted by Crippen LogP contribution is -2.51. The molecule has 396 valence electrons. The van der Waals surface area contributed by atoms with E-state index >= 15 is 0 Å². The summed E-state index contributed by atoms with van der Waals surface area (Å²) >= 11 is 6.38. The van der Waals surface area contributed by atoms with Crippen molar-refractivity contribution in [2.75, 3.05) is 79.8 Å². The molecule has 0 bridgehead atoms. The highest BCUT2D eigenvalue weighted by Crippen LogP contribution is 2.45. The van der Waals surface area contributed by atoms with Crippen LogP contribution in [-0.2, 0) is 74.8 Å². The highest BCUT2D eigenvalue weighted by Gasteiger charge is 2.48. The van der Waals surface area contributed by atoms with E-state index in [9.17, 15) is 29.1 Å². The minimum Gasteiger partial charge on any atom is -0.550 e. The van der Waals surface area contributed by atoms with Crippen LogP contribution in [0.3, 0.4) is 0 Å².